The zero-order valence-corrected chi connectivity index (χ0v) is 15.8. The fourth-order valence-electron chi connectivity index (χ4n) is 3.72. The number of aromatic nitrogens is 1. The Labute approximate surface area is 163 Å². The van der Waals surface area contributed by atoms with Gasteiger partial charge in [0.15, 0.2) is 0 Å². The van der Waals surface area contributed by atoms with Gasteiger partial charge in [0.05, 0.1) is 5.69 Å². The van der Waals surface area contributed by atoms with Crippen molar-refractivity contribution < 1.29 is 4.42 Å². The Balaban J connectivity index is 0.00000168. The number of rotatable bonds is 1. The Bertz CT molecular complexity index is 1100. The molecule has 1 atom stereocenters. The van der Waals surface area contributed by atoms with Gasteiger partial charge >= 0.3 is 0 Å². The standard InChI is InChI=1S/C21H17ClN2O.ClH/c1-13-4-2-5-17-16(13)12-23-21(18-6-3-9-24(17)18)20-11-14-10-15(22)7-8-19(14)25-20;/h2-11,21,23H,12H2,1H3;1H. The molecule has 3 heterocycles. The summed E-state index contributed by atoms with van der Waals surface area (Å²) in [5.74, 6) is 0.905. The zero-order chi connectivity index (χ0) is 17.0. The van der Waals surface area contributed by atoms with Crippen molar-refractivity contribution in [2.75, 3.05) is 0 Å². The molecule has 0 spiro atoms. The monoisotopic (exact) mass is 384 g/mol. The maximum absolute atomic E-state index is 6.14. The van der Waals surface area contributed by atoms with E-state index >= 15 is 0 Å². The number of furan rings is 1. The molecule has 1 N–H and O–H groups in total. The maximum atomic E-state index is 6.14. The van der Waals surface area contributed by atoms with Gasteiger partial charge in [-0.1, -0.05) is 23.7 Å². The third-order valence-corrected chi connectivity index (χ3v) is 5.22. The van der Waals surface area contributed by atoms with Crippen molar-refractivity contribution in [1.82, 2.24) is 9.88 Å². The predicted molar refractivity (Wildman–Crippen MR) is 108 cm³/mol. The van der Waals surface area contributed by atoms with E-state index in [4.69, 9.17) is 16.0 Å². The highest BCUT2D eigenvalue weighted by Crippen LogP contribution is 2.34. The van der Waals surface area contributed by atoms with Crippen LogP contribution in [0.1, 0.15) is 28.6 Å². The van der Waals surface area contributed by atoms with Crippen LogP contribution >= 0.6 is 24.0 Å². The van der Waals surface area contributed by atoms with Crippen LogP contribution in [0.5, 0.6) is 0 Å². The lowest BCUT2D eigenvalue weighted by Gasteiger charge is -2.14. The van der Waals surface area contributed by atoms with Gasteiger partial charge in [0.25, 0.3) is 0 Å². The van der Waals surface area contributed by atoms with Crippen LogP contribution < -0.4 is 5.32 Å². The largest absolute Gasteiger partial charge is 0.459 e. The van der Waals surface area contributed by atoms with E-state index in [0.29, 0.717) is 0 Å². The minimum atomic E-state index is -0.00650. The van der Waals surface area contributed by atoms with E-state index < -0.39 is 0 Å². The number of hydrogen-bond donors (Lipinski definition) is 1. The Morgan fingerprint density at radius 3 is 2.88 bits per heavy atom. The van der Waals surface area contributed by atoms with Gasteiger partial charge < -0.3 is 8.98 Å². The maximum Gasteiger partial charge on any atom is 0.134 e. The molecule has 132 valence electrons. The van der Waals surface area contributed by atoms with Crippen LogP contribution in [0.15, 0.2) is 65.2 Å². The van der Waals surface area contributed by atoms with Gasteiger partial charge in [-0.15, -0.1) is 12.4 Å². The van der Waals surface area contributed by atoms with Gasteiger partial charge in [0.2, 0.25) is 0 Å². The quantitative estimate of drug-likeness (QED) is 0.449. The second-order valence-corrected chi connectivity index (χ2v) is 6.96. The number of halogens is 2. The van der Waals surface area contributed by atoms with Crippen molar-refractivity contribution in [3.05, 3.63) is 88.4 Å². The van der Waals surface area contributed by atoms with Crippen molar-refractivity contribution in [3.63, 3.8) is 0 Å². The third kappa shape index (κ3) is 2.64. The molecule has 0 radical (unpaired) electrons. The Morgan fingerprint density at radius 2 is 2.00 bits per heavy atom. The molecule has 0 fully saturated rings. The molecule has 26 heavy (non-hydrogen) atoms. The molecule has 5 rings (SSSR count). The number of nitrogens with one attached hydrogen (secondary N) is 1. The van der Waals surface area contributed by atoms with E-state index in [1.54, 1.807) is 0 Å². The van der Waals surface area contributed by atoms with Gasteiger partial charge in [-0.25, -0.2) is 0 Å². The van der Waals surface area contributed by atoms with E-state index in [1.807, 2.05) is 18.2 Å². The van der Waals surface area contributed by atoms with Crippen LogP contribution in [-0.2, 0) is 6.54 Å². The van der Waals surface area contributed by atoms with Gasteiger partial charge in [-0.3, -0.25) is 5.32 Å². The van der Waals surface area contributed by atoms with Crippen molar-refractivity contribution in [3.8, 4) is 5.69 Å². The summed E-state index contributed by atoms with van der Waals surface area (Å²) in [6, 6.07) is 18.5. The molecule has 0 bridgehead atoms. The Hall–Kier alpha value is -2.20. The molecule has 3 nitrogen and oxygen atoms in total. The second-order valence-electron chi connectivity index (χ2n) is 6.52. The second kappa shape index (κ2) is 6.51. The molecular weight excluding hydrogens is 367 g/mol. The summed E-state index contributed by atoms with van der Waals surface area (Å²) in [5.41, 5.74) is 5.88. The summed E-state index contributed by atoms with van der Waals surface area (Å²) in [6.07, 6.45) is 2.12. The minimum Gasteiger partial charge on any atom is -0.459 e. The molecule has 5 heteroatoms. The van der Waals surface area contributed by atoms with Crippen molar-refractivity contribution >= 4 is 35.0 Å². The number of aryl methyl sites for hydroxylation is 1. The summed E-state index contributed by atoms with van der Waals surface area (Å²) in [6.45, 7) is 2.96. The molecule has 1 aliphatic rings. The van der Waals surface area contributed by atoms with Crippen molar-refractivity contribution in [2.45, 2.75) is 19.5 Å². The molecule has 0 aliphatic carbocycles. The molecule has 1 unspecified atom stereocenters. The minimum absolute atomic E-state index is 0. The highest BCUT2D eigenvalue weighted by Gasteiger charge is 2.26. The van der Waals surface area contributed by atoms with Crippen molar-refractivity contribution in [1.29, 1.82) is 0 Å². The summed E-state index contributed by atoms with van der Waals surface area (Å²) in [5, 5.41) is 5.42. The van der Waals surface area contributed by atoms with Crippen LogP contribution in [0, 0.1) is 6.92 Å². The van der Waals surface area contributed by atoms with Crippen molar-refractivity contribution in [2.24, 2.45) is 0 Å². The highest BCUT2D eigenvalue weighted by atomic mass is 35.5. The lowest BCUT2D eigenvalue weighted by Crippen LogP contribution is -2.20. The number of fused-ring (bicyclic) bond motifs is 4. The summed E-state index contributed by atoms with van der Waals surface area (Å²) in [7, 11) is 0. The lowest BCUT2D eigenvalue weighted by molar-refractivity contribution is 0.465. The van der Waals surface area contributed by atoms with Gasteiger partial charge in [-0.05, 0) is 60.5 Å². The van der Waals surface area contributed by atoms with Crippen LogP contribution in [0.3, 0.4) is 0 Å². The fourth-order valence-corrected chi connectivity index (χ4v) is 3.90. The fraction of sp³-hybridized carbons (Fsp3) is 0.143. The van der Waals surface area contributed by atoms with Crippen LogP contribution in [-0.4, -0.2) is 4.57 Å². The zero-order valence-electron chi connectivity index (χ0n) is 14.2. The molecule has 0 saturated carbocycles. The topological polar surface area (TPSA) is 30.1 Å². The molecule has 0 saturated heterocycles. The Kier molecular flexibility index (Phi) is 4.31. The van der Waals surface area contributed by atoms with Gasteiger partial charge in [0.1, 0.15) is 17.4 Å². The first-order valence-corrected chi connectivity index (χ1v) is 8.77. The van der Waals surface area contributed by atoms with E-state index in [0.717, 1.165) is 28.3 Å². The average Bonchev–Trinajstić information content (AvgIpc) is 3.20. The summed E-state index contributed by atoms with van der Waals surface area (Å²) >= 11 is 6.12. The Morgan fingerprint density at radius 1 is 1.12 bits per heavy atom. The van der Waals surface area contributed by atoms with E-state index in [1.165, 1.54) is 22.5 Å². The van der Waals surface area contributed by atoms with E-state index in [2.05, 4.69) is 59.4 Å². The van der Waals surface area contributed by atoms with Crippen LogP contribution in [0.25, 0.3) is 16.7 Å². The lowest BCUT2D eigenvalue weighted by atomic mass is 10.1. The van der Waals surface area contributed by atoms with Gasteiger partial charge in [-0.2, -0.15) is 0 Å². The molecule has 2 aromatic carbocycles. The molecule has 0 amide bonds. The first-order chi connectivity index (χ1) is 12.2. The van der Waals surface area contributed by atoms with E-state index in [-0.39, 0.29) is 18.4 Å². The normalized spacial score (nSPS) is 15.8. The predicted octanol–water partition coefficient (Wildman–Crippen LogP) is 5.80. The molecule has 2 aromatic heterocycles. The van der Waals surface area contributed by atoms with E-state index in [9.17, 15) is 0 Å². The smallest absolute Gasteiger partial charge is 0.134 e. The number of benzene rings is 2. The number of nitrogens with zero attached hydrogens (tertiary/aromatic N) is 1. The summed E-state index contributed by atoms with van der Waals surface area (Å²) in [4.78, 5) is 0. The molecular formula is C21H18Cl2N2O. The first-order valence-electron chi connectivity index (χ1n) is 8.39. The SMILES string of the molecule is Cc1cccc2c1CNC(c1cc3cc(Cl)ccc3o1)c1cccn1-2.Cl. The average molecular weight is 385 g/mol. The highest BCUT2D eigenvalue weighted by molar-refractivity contribution is 6.31. The third-order valence-electron chi connectivity index (χ3n) is 4.99. The summed E-state index contributed by atoms with van der Waals surface area (Å²) < 4.78 is 8.40. The van der Waals surface area contributed by atoms with Crippen LogP contribution in [0.2, 0.25) is 5.02 Å². The molecule has 4 aromatic rings. The molecule has 1 aliphatic heterocycles. The first kappa shape index (κ1) is 17.2. The van der Waals surface area contributed by atoms with Gasteiger partial charge in [0, 0.05) is 28.8 Å². The number of hydrogen-bond acceptors (Lipinski definition) is 2. The van der Waals surface area contributed by atoms with Crippen LogP contribution in [0.4, 0.5) is 0 Å².